The van der Waals surface area contributed by atoms with Gasteiger partial charge in [0.1, 0.15) is 12.3 Å². The molecular formula is C21H24F3N5O3. The molecule has 2 heterocycles. The Bertz CT molecular complexity index is 1200. The van der Waals surface area contributed by atoms with Gasteiger partial charge in [0.15, 0.2) is 0 Å². The van der Waals surface area contributed by atoms with Crippen molar-refractivity contribution in [3.63, 3.8) is 0 Å². The maximum absolute atomic E-state index is 12.9. The molecule has 3 aromatic rings. The lowest BCUT2D eigenvalue weighted by Gasteiger charge is -2.16. The molecule has 2 aromatic heterocycles. The van der Waals surface area contributed by atoms with Crippen molar-refractivity contribution < 1.29 is 22.7 Å². The van der Waals surface area contributed by atoms with Gasteiger partial charge in [-0.05, 0) is 52.3 Å². The second-order valence-electron chi connectivity index (χ2n) is 7.80. The van der Waals surface area contributed by atoms with Crippen molar-refractivity contribution in [2.24, 2.45) is 0 Å². The van der Waals surface area contributed by atoms with Gasteiger partial charge in [-0.3, -0.25) is 14.3 Å². The Hall–Kier alpha value is -3.37. The number of benzene rings is 1. The summed E-state index contributed by atoms with van der Waals surface area (Å²) in [5, 5.41) is 11.9. The molecule has 32 heavy (non-hydrogen) atoms. The van der Waals surface area contributed by atoms with Gasteiger partial charge in [0.2, 0.25) is 5.91 Å². The van der Waals surface area contributed by atoms with Crippen LogP contribution >= 0.6 is 0 Å². The smallest absolute Gasteiger partial charge is 0.406 e. The summed E-state index contributed by atoms with van der Waals surface area (Å²) in [5.41, 5.74) is 1.96. The highest BCUT2D eigenvalue weighted by Gasteiger charge is 2.31. The molecule has 3 rings (SSSR count). The molecule has 1 aromatic carbocycles. The van der Waals surface area contributed by atoms with Crippen molar-refractivity contribution in [1.82, 2.24) is 24.9 Å². The van der Waals surface area contributed by atoms with Gasteiger partial charge in [0, 0.05) is 6.04 Å². The van der Waals surface area contributed by atoms with Crippen LogP contribution in [0.4, 0.5) is 13.2 Å². The maximum atomic E-state index is 12.9. The Morgan fingerprint density at radius 3 is 2.28 bits per heavy atom. The van der Waals surface area contributed by atoms with Crippen LogP contribution in [0.15, 0.2) is 29.1 Å². The topological polar surface area (TPSA) is 91.0 Å². The van der Waals surface area contributed by atoms with E-state index in [2.05, 4.69) is 20.3 Å². The molecule has 0 fully saturated rings. The van der Waals surface area contributed by atoms with E-state index in [-0.39, 0.29) is 18.3 Å². The van der Waals surface area contributed by atoms with Crippen molar-refractivity contribution >= 4 is 16.8 Å². The highest BCUT2D eigenvalue weighted by molar-refractivity contribution is 5.83. The van der Waals surface area contributed by atoms with E-state index in [0.29, 0.717) is 27.9 Å². The highest BCUT2D eigenvalue weighted by Crippen LogP contribution is 2.24. The summed E-state index contributed by atoms with van der Waals surface area (Å²) < 4.78 is 43.5. The van der Waals surface area contributed by atoms with Gasteiger partial charge in [-0.15, -0.1) is 13.2 Å². The number of nitrogens with zero attached hydrogens (tertiary/aromatic N) is 4. The number of hydrogen-bond acceptors (Lipinski definition) is 5. The van der Waals surface area contributed by atoms with E-state index in [9.17, 15) is 22.8 Å². The number of aromatic nitrogens is 4. The maximum Gasteiger partial charge on any atom is 0.573 e. The minimum absolute atomic E-state index is 0.0408. The predicted molar refractivity (Wildman–Crippen MR) is 111 cm³/mol. The second kappa shape index (κ2) is 8.64. The van der Waals surface area contributed by atoms with Crippen molar-refractivity contribution in [1.29, 1.82) is 0 Å². The van der Waals surface area contributed by atoms with E-state index in [0.717, 1.165) is 4.68 Å². The third-order valence-electron chi connectivity index (χ3n) is 4.92. The first-order chi connectivity index (χ1) is 14.9. The fraction of sp³-hybridized carbons (Fsp3) is 0.429. The average molecular weight is 451 g/mol. The highest BCUT2D eigenvalue weighted by atomic mass is 19.4. The van der Waals surface area contributed by atoms with Crippen LogP contribution in [-0.4, -0.2) is 31.8 Å². The number of nitrogens with one attached hydrogen (secondary N) is 1. The first-order valence-corrected chi connectivity index (χ1v) is 9.99. The Kier molecular flexibility index (Phi) is 6.29. The molecule has 0 spiro atoms. The van der Waals surface area contributed by atoms with Crippen LogP contribution in [0, 0.1) is 13.8 Å². The zero-order chi connectivity index (χ0) is 23.8. The lowest BCUT2D eigenvalue weighted by Crippen LogP contribution is -2.35. The van der Waals surface area contributed by atoms with Gasteiger partial charge in [-0.1, -0.05) is 12.1 Å². The van der Waals surface area contributed by atoms with Crippen LogP contribution in [0.3, 0.4) is 0 Å². The number of aryl methyl sites for hydroxylation is 2. The molecule has 0 bridgehead atoms. The van der Waals surface area contributed by atoms with Gasteiger partial charge in [0.05, 0.1) is 28.3 Å². The fourth-order valence-corrected chi connectivity index (χ4v) is 3.50. The average Bonchev–Trinajstić information content (AvgIpc) is 3.03. The molecule has 8 nitrogen and oxygen atoms in total. The molecule has 0 aliphatic heterocycles. The normalized spacial score (nSPS) is 12.9. The number of alkyl halides is 3. The Labute approximate surface area is 182 Å². The number of carbonyl (C=O) groups is 1. The molecule has 0 aliphatic rings. The Morgan fingerprint density at radius 2 is 1.72 bits per heavy atom. The van der Waals surface area contributed by atoms with E-state index in [1.54, 1.807) is 25.5 Å². The molecule has 1 N–H and O–H groups in total. The molecule has 0 saturated heterocycles. The summed E-state index contributed by atoms with van der Waals surface area (Å²) in [5.74, 6) is -0.813. The van der Waals surface area contributed by atoms with E-state index >= 15 is 0 Å². The van der Waals surface area contributed by atoms with Gasteiger partial charge in [-0.2, -0.15) is 10.2 Å². The third kappa shape index (κ3) is 4.92. The minimum atomic E-state index is -4.77. The number of amides is 1. The number of hydrogen-bond donors (Lipinski definition) is 1. The van der Waals surface area contributed by atoms with Crippen LogP contribution in [0.1, 0.15) is 49.8 Å². The van der Waals surface area contributed by atoms with E-state index < -0.39 is 23.9 Å². The lowest BCUT2D eigenvalue weighted by atomic mass is 10.1. The first kappa shape index (κ1) is 23.3. The first-order valence-electron chi connectivity index (χ1n) is 9.99. The number of ether oxygens (including phenoxy) is 1. The molecule has 1 unspecified atom stereocenters. The summed E-state index contributed by atoms with van der Waals surface area (Å²) in [6.45, 7) is 8.77. The van der Waals surface area contributed by atoms with Crippen LogP contribution in [0.5, 0.6) is 5.75 Å². The van der Waals surface area contributed by atoms with Gasteiger partial charge < -0.3 is 10.1 Å². The quantitative estimate of drug-likeness (QED) is 0.619. The second-order valence-corrected chi connectivity index (χ2v) is 7.80. The summed E-state index contributed by atoms with van der Waals surface area (Å²) in [6, 6.07) is 4.73. The Balaban J connectivity index is 1.77. The predicted octanol–water partition coefficient (Wildman–Crippen LogP) is 3.57. The molecule has 11 heteroatoms. The summed E-state index contributed by atoms with van der Waals surface area (Å²) in [6.07, 6.45) is -4.77. The molecular weight excluding hydrogens is 427 g/mol. The van der Waals surface area contributed by atoms with E-state index in [4.69, 9.17) is 0 Å². The molecule has 1 amide bonds. The van der Waals surface area contributed by atoms with Crippen molar-refractivity contribution in [3.8, 4) is 5.75 Å². The summed E-state index contributed by atoms with van der Waals surface area (Å²) in [4.78, 5) is 25.5. The third-order valence-corrected chi connectivity index (χ3v) is 4.92. The van der Waals surface area contributed by atoms with Gasteiger partial charge in [0.25, 0.3) is 5.56 Å². The number of carbonyl (C=O) groups excluding carboxylic acids is 1. The van der Waals surface area contributed by atoms with Gasteiger partial charge in [-0.25, -0.2) is 4.68 Å². The zero-order valence-corrected chi connectivity index (χ0v) is 18.3. The summed E-state index contributed by atoms with van der Waals surface area (Å²) in [7, 11) is 0. The molecule has 0 saturated carbocycles. The number of fused-ring (bicyclic) bond motifs is 1. The standard InChI is InChI=1S/C21H24F3N5O3/c1-11(2)29-19-14(5)26-28(20(31)18(19)13(4)27-29)10-17(30)25-12(3)15-6-8-16(9-7-15)32-21(22,23)24/h6-9,11-12H,10H2,1-5H3,(H,25,30). The van der Waals surface area contributed by atoms with Gasteiger partial charge >= 0.3 is 6.36 Å². The van der Waals surface area contributed by atoms with Crippen molar-refractivity contribution in [2.45, 2.75) is 59.6 Å². The van der Waals surface area contributed by atoms with E-state index in [1.165, 1.54) is 24.3 Å². The zero-order valence-electron chi connectivity index (χ0n) is 18.3. The fourth-order valence-electron chi connectivity index (χ4n) is 3.50. The van der Waals surface area contributed by atoms with Crippen LogP contribution < -0.4 is 15.6 Å². The van der Waals surface area contributed by atoms with Crippen molar-refractivity contribution in [2.75, 3.05) is 0 Å². The Morgan fingerprint density at radius 1 is 1.09 bits per heavy atom. The van der Waals surface area contributed by atoms with E-state index in [1.807, 2.05) is 13.8 Å². The molecule has 172 valence electrons. The molecule has 0 aliphatic carbocycles. The SMILES string of the molecule is Cc1nn(C(C)C)c2c(C)nn(CC(=O)NC(C)c3ccc(OC(F)(F)F)cc3)c(=O)c12. The monoisotopic (exact) mass is 451 g/mol. The van der Waals surface area contributed by atoms with Crippen LogP contribution in [0.25, 0.3) is 10.9 Å². The lowest BCUT2D eigenvalue weighted by molar-refractivity contribution is -0.274. The number of rotatable bonds is 6. The van der Waals surface area contributed by atoms with Crippen LogP contribution in [-0.2, 0) is 11.3 Å². The number of halogens is 3. The molecule has 0 radical (unpaired) electrons. The minimum Gasteiger partial charge on any atom is -0.406 e. The van der Waals surface area contributed by atoms with Crippen molar-refractivity contribution in [3.05, 3.63) is 51.6 Å². The molecule has 1 atom stereocenters. The van der Waals surface area contributed by atoms with Crippen LogP contribution in [0.2, 0.25) is 0 Å². The largest absolute Gasteiger partial charge is 0.573 e. The summed E-state index contributed by atoms with van der Waals surface area (Å²) >= 11 is 0.